The van der Waals surface area contributed by atoms with Gasteiger partial charge in [-0.3, -0.25) is 4.90 Å². The zero-order valence-corrected chi connectivity index (χ0v) is 18.8. The summed E-state index contributed by atoms with van der Waals surface area (Å²) in [5.74, 6) is 0.592. The predicted molar refractivity (Wildman–Crippen MR) is 125 cm³/mol. The Morgan fingerprint density at radius 2 is 1.57 bits per heavy atom. The molecule has 2 N–H and O–H groups in total. The Bertz CT molecular complexity index is 1030. The monoisotopic (exact) mass is 438 g/mol. The summed E-state index contributed by atoms with van der Waals surface area (Å²) in [5, 5.41) is 0.653. The highest BCUT2D eigenvalue weighted by molar-refractivity contribution is 7.85. The van der Waals surface area contributed by atoms with Crippen molar-refractivity contribution in [1.82, 2.24) is 4.90 Å². The van der Waals surface area contributed by atoms with Crippen LogP contribution in [-0.2, 0) is 17.3 Å². The van der Waals surface area contributed by atoms with Crippen molar-refractivity contribution in [3.63, 3.8) is 0 Å². The molecule has 0 aliphatic carbocycles. The molecule has 1 saturated heterocycles. The molecule has 0 spiro atoms. The van der Waals surface area contributed by atoms with Crippen LogP contribution in [0.3, 0.4) is 0 Å². The number of nitrogens with two attached hydrogens (primary N) is 1. The van der Waals surface area contributed by atoms with E-state index in [1.165, 1.54) is 16.7 Å². The molecule has 0 bridgehead atoms. The minimum absolute atomic E-state index is 0.592. The summed E-state index contributed by atoms with van der Waals surface area (Å²) in [4.78, 5) is 4.09. The van der Waals surface area contributed by atoms with Crippen LogP contribution in [0.25, 0.3) is 0 Å². The standard InChI is InChI=1S/C25H27ClN2OS/c1-18-2-7-22(27)16-25(18)20-12-14-28(15-13-20)17-19-3-8-23(9-4-19)30(29)24-10-5-21(26)6-11-24/h2-11,16,20H,12-15,17,27H2,1H3. The number of piperidine rings is 1. The Morgan fingerprint density at radius 1 is 0.967 bits per heavy atom. The number of benzene rings is 3. The van der Waals surface area contributed by atoms with Crippen molar-refractivity contribution >= 4 is 28.1 Å². The average molecular weight is 439 g/mol. The molecular formula is C25H27ClN2OS. The molecule has 0 aromatic heterocycles. The van der Waals surface area contributed by atoms with E-state index in [1.807, 2.05) is 30.3 Å². The van der Waals surface area contributed by atoms with Gasteiger partial charge in [-0.25, -0.2) is 4.21 Å². The van der Waals surface area contributed by atoms with E-state index in [1.54, 1.807) is 12.1 Å². The van der Waals surface area contributed by atoms with Gasteiger partial charge in [0.2, 0.25) is 0 Å². The molecule has 30 heavy (non-hydrogen) atoms. The zero-order valence-electron chi connectivity index (χ0n) is 17.2. The SMILES string of the molecule is Cc1ccc(N)cc1C1CCN(Cc2ccc(S(=O)c3ccc(Cl)cc3)cc2)CC1. The van der Waals surface area contributed by atoms with E-state index in [0.29, 0.717) is 10.9 Å². The van der Waals surface area contributed by atoms with E-state index >= 15 is 0 Å². The maximum Gasteiger partial charge on any atom is 0.0849 e. The summed E-state index contributed by atoms with van der Waals surface area (Å²) in [5.41, 5.74) is 10.9. The molecule has 1 aliphatic rings. The van der Waals surface area contributed by atoms with Crippen LogP contribution in [0.5, 0.6) is 0 Å². The lowest BCUT2D eigenvalue weighted by Gasteiger charge is -2.33. The van der Waals surface area contributed by atoms with Crippen LogP contribution in [0, 0.1) is 6.92 Å². The molecule has 3 aromatic rings. The van der Waals surface area contributed by atoms with Crippen molar-refractivity contribution in [2.45, 2.75) is 42.0 Å². The minimum atomic E-state index is -1.18. The lowest BCUT2D eigenvalue weighted by atomic mass is 9.86. The largest absolute Gasteiger partial charge is 0.399 e. The van der Waals surface area contributed by atoms with Gasteiger partial charge in [0.15, 0.2) is 0 Å². The highest BCUT2D eigenvalue weighted by Gasteiger charge is 2.22. The van der Waals surface area contributed by atoms with Gasteiger partial charge in [-0.15, -0.1) is 0 Å². The number of hydrogen-bond donors (Lipinski definition) is 1. The second-order valence-electron chi connectivity index (χ2n) is 8.03. The number of halogens is 1. The Morgan fingerprint density at radius 3 is 2.20 bits per heavy atom. The van der Waals surface area contributed by atoms with Crippen LogP contribution < -0.4 is 5.73 Å². The smallest absolute Gasteiger partial charge is 0.0849 e. The fraction of sp³-hybridized carbons (Fsp3) is 0.280. The number of rotatable bonds is 5. The lowest BCUT2D eigenvalue weighted by Crippen LogP contribution is -2.32. The number of anilines is 1. The highest BCUT2D eigenvalue weighted by atomic mass is 35.5. The van der Waals surface area contributed by atoms with E-state index in [0.717, 1.165) is 48.0 Å². The minimum Gasteiger partial charge on any atom is -0.399 e. The van der Waals surface area contributed by atoms with Crippen LogP contribution in [0.15, 0.2) is 76.5 Å². The van der Waals surface area contributed by atoms with Gasteiger partial charge in [-0.05, 0) is 104 Å². The Balaban J connectivity index is 1.35. The zero-order chi connectivity index (χ0) is 21.1. The first-order valence-corrected chi connectivity index (χ1v) is 11.9. The fourth-order valence-corrected chi connectivity index (χ4v) is 5.34. The van der Waals surface area contributed by atoms with Gasteiger partial charge in [-0.2, -0.15) is 0 Å². The average Bonchev–Trinajstić information content (AvgIpc) is 2.77. The van der Waals surface area contributed by atoms with Crippen molar-refractivity contribution in [2.24, 2.45) is 0 Å². The van der Waals surface area contributed by atoms with Crippen LogP contribution >= 0.6 is 11.6 Å². The molecule has 4 rings (SSSR count). The molecule has 1 aliphatic heterocycles. The third-order valence-electron chi connectivity index (χ3n) is 5.90. The van der Waals surface area contributed by atoms with Gasteiger partial charge in [0, 0.05) is 27.0 Å². The van der Waals surface area contributed by atoms with Crippen LogP contribution in [0.2, 0.25) is 5.02 Å². The van der Waals surface area contributed by atoms with Gasteiger partial charge in [0.05, 0.1) is 10.8 Å². The summed E-state index contributed by atoms with van der Waals surface area (Å²) in [6.45, 7) is 5.27. The van der Waals surface area contributed by atoms with Crippen LogP contribution in [-0.4, -0.2) is 22.2 Å². The van der Waals surface area contributed by atoms with Gasteiger partial charge in [-0.1, -0.05) is 29.8 Å². The molecule has 156 valence electrons. The van der Waals surface area contributed by atoms with Crippen LogP contribution in [0.4, 0.5) is 5.69 Å². The lowest BCUT2D eigenvalue weighted by molar-refractivity contribution is 0.204. The summed E-state index contributed by atoms with van der Waals surface area (Å²) >= 11 is 5.92. The Labute approximate surface area is 186 Å². The predicted octanol–water partition coefficient (Wildman–Crippen LogP) is 5.78. The summed E-state index contributed by atoms with van der Waals surface area (Å²) in [7, 11) is -1.18. The maximum atomic E-state index is 12.7. The Kier molecular flexibility index (Phi) is 6.57. The van der Waals surface area contributed by atoms with E-state index in [4.69, 9.17) is 17.3 Å². The second-order valence-corrected chi connectivity index (χ2v) is 9.95. The van der Waals surface area contributed by atoms with Crippen molar-refractivity contribution in [1.29, 1.82) is 0 Å². The molecule has 0 radical (unpaired) electrons. The van der Waals surface area contributed by atoms with Gasteiger partial charge in [0.1, 0.15) is 0 Å². The molecule has 3 nitrogen and oxygen atoms in total. The molecule has 1 atom stereocenters. The molecule has 5 heteroatoms. The number of nitrogen functional groups attached to an aromatic ring is 1. The second kappa shape index (κ2) is 9.34. The van der Waals surface area contributed by atoms with E-state index in [2.05, 4.69) is 36.1 Å². The third kappa shape index (κ3) is 4.94. The topological polar surface area (TPSA) is 46.3 Å². The summed E-state index contributed by atoms with van der Waals surface area (Å²) < 4.78 is 12.7. The molecule has 3 aromatic carbocycles. The highest BCUT2D eigenvalue weighted by Crippen LogP contribution is 2.32. The summed E-state index contributed by atoms with van der Waals surface area (Å²) in [6.07, 6.45) is 2.31. The number of likely N-dealkylation sites (tertiary alicyclic amines) is 1. The molecule has 1 fully saturated rings. The molecular weight excluding hydrogens is 412 g/mol. The first kappa shape index (κ1) is 21.1. The van der Waals surface area contributed by atoms with E-state index in [9.17, 15) is 4.21 Å². The number of hydrogen-bond acceptors (Lipinski definition) is 3. The number of aryl methyl sites for hydroxylation is 1. The quantitative estimate of drug-likeness (QED) is 0.514. The molecule has 0 saturated carbocycles. The van der Waals surface area contributed by atoms with Gasteiger partial charge >= 0.3 is 0 Å². The number of nitrogens with zero attached hydrogens (tertiary/aromatic N) is 1. The normalized spacial score (nSPS) is 16.5. The fourth-order valence-electron chi connectivity index (χ4n) is 4.17. The molecule has 1 unspecified atom stereocenters. The maximum absolute atomic E-state index is 12.7. The van der Waals surface area contributed by atoms with Crippen LogP contribution in [0.1, 0.15) is 35.4 Å². The van der Waals surface area contributed by atoms with Crippen molar-refractivity contribution in [2.75, 3.05) is 18.8 Å². The van der Waals surface area contributed by atoms with Crippen molar-refractivity contribution in [3.8, 4) is 0 Å². The first-order valence-electron chi connectivity index (χ1n) is 10.3. The van der Waals surface area contributed by atoms with Gasteiger partial charge in [0.25, 0.3) is 0 Å². The molecule has 0 amide bonds. The Hall–Kier alpha value is -2.14. The van der Waals surface area contributed by atoms with Gasteiger partial charge < -0.3 is 5.73 Å². The van der Waals surface area contributed by atoms with Crippen molar-refractivity contribution < 1.29 is 4.21 Å². The molecule has 1 heterocycles. The van der Waals surface area contributed by atoms with Crippen molar-refractivity contribution in [3.05, 3.63) is 88.4 Å². The summed E-state index contributed by atoms with van der Waals surface area (Å²) in [6, 6.07) is 21.6. The van der Waals surface area contributed by atoms with E-state index < -0.39 is 10.8 Å². The van der Waals surface area contributed by atoms with E-state index in [-0.39, 0.29) is 0 Å². The third-order valence-corrected chi connectivity index (χ3v) is 7.55. The first-order chi connectivity index (χ1) is 14.5.